The molecule has 0 aliphatic heterocycles. The van der Waals surface area contributed by atoms with Gasteiger partial charge in [-0.05, 0) is 43.2 Å². The van der Waals surface area contributed by atoms with E-state index in [1.54, 1.807) is 11.8 Å². The second-order valence-corrected chi connectivity index (χ2v) is 6.86. The third-order valence-corrected chi connectivity index (χ3v) is 5.05. The maximum atomic E-state index is 12.1. The molecular formula is C16H18ClNO2S. The first-order valence-electron chi connectivity index (χ1n) is 7.30. The summed E-state index contributed by atoms with van der Waals surface area (Å²) in [6.45, 7) is 2.19. The van der Waals surface area contributed by atoms with Crippen LogP contribution in [0.25, 0.3) is 10.9 Å². The molecule has 0 atom stereocenters. The molecule has 1 heterocycles. The van der Waals surface area contributed by atoms with Crippen LogP contribution in [0.2, 0.25) is 5.02 Å². The Balaban J connectivity index is 1.92. The number of hydrogen-bond donors (Lipinski definition) is 1. The summed E-state index contributed by atoms with van der Waals surface area (Å²) in [5, 5.41) is 1.69. The van der Waals surface area contributed by atoms with Crippen molar-refractivity contribution in [1.29, 1.82) is 0 Å². The summed E-state index contributed by atoms with van der Waals surface area (Å²) in [5.74, 6) is 1.62. The number of rotatable bonds is 6. The number of carbonyl (C=O) groups is 1. The summed E-state index contributed by atoms with van der Waals surface area (Å²) < 4.78 is 5.15. The highest BCUT2D eigenvalue weighted by molar-refractivity contribution is 7.99. The summed E-state index contributed by atoms with van der Waals surface area (Å²) in [6.07, 6.45) is 3.91. The van der Waals surface area contributed by atoms with Gasteiger partial charge in [-0.15, -0.1) is 11.8 Å². The lowest BCUT2D eigenvalue weighted by molar-refractivity contribution is 0.0516. The molecule has 1 fully saturated rings. The number of ether oxygens (including phenoxy) is 1. The molecule has 1 N–H and O–H groups in total. The zero-order chi connectivity index (χ0) is 14.8. The first-order chi connectivity index (χ1) is 10.2. The van der Waals surface area contributed by atoms with E-state index in [-0.39, 0.29) is 5.97 Å². The number of halogens is 1. The Morgan fingerprint density at radius 1 is 1.48 bits per heavy atom. The van der Waals surface area contributed by atoms with Crippen molar-refractivity contribution in [3.8, 4) is 0 Å². The number of aromatic amines is 1. The van der Waals surface area contributed by atoms with Crippen LogP contribution in [0, 0.1) is 5.92 Å². The van der Waals surface area contributed by atoms with Gasteiger partial charge in [0, 0.05) is 20.8 Å². The first-order valence-corrected chi connectivity index (χ1v) is 8.66. The molecule has 3 nitrogen and oxygen atoms in total. The Morgan fingerprint density at radius 3 is 3.00 bits per heavy atom. The van der Waals surface area contributed by atoms with Crippen LogP contribution in [-0.4, -0.2) is 23.3 Å². The molecule has 0 radical (unpaired) electrons. The lowest BCUT2D eigenvalue weighted by Crippen LogP contribution is -2.06. The van der Waals surface area contributed by atoms with Crippen molar-refractivity contribution < 1.29 is 9.53 Å². The number of aromatic nitrogens is 1. The number of nitrogens with one attached hydrogen (secondary N) is 1. The van der Waals surface area contributed by atoms with Gasteiger partial charge in [0.05, 0.1) is 6.61 Å². The minimum absolute atomic E-state index is 0.293. The Kier molecular flexibility index (Phi) is 4.45. The van der Waals surface area contributed by atoms with E-state index in [0.717, 1.165) is 27.5 Å². The van der Waals surface area contributed by atoms with E-state index in [2.05, 4.69) is 4.98 Å². The lowest BCUT2D eigenvalue weighted by atomic mass is 10.2. The number of benzene rings is 1. The highest BCUT2D eigenvalue weighted by Gasteiger charge is 2.23. The molecule has 5 heteroatoms. The van der Waals surface area contributed by atoms with Crippen LogP contribution in [0.5, 0.6) is 0 Å². The second-order valence-electron chi connectivity index (χ2n) is 5.32. The molecule has 1 aliphatic rings. The van der Waals surface area contributed by atoms with Crippen molar-refractivity contribution in [2.75, 3.05) is 12.4 Å². The van der Waals surface area contributed by atoms with E-state index in [1.807, 2.05) is 25.1 Å². The fraction of sp³-hybridized carbons (Fsp3) is 0.438. The Bertz CT molecular complexity index is 664. The summed E-state index contributed by atoms with van der Waals surface area (Å²) in [4.78, 5) is 16.3. The number of thioether (sulfide) groups is 1. The van der Waals surface area contributed by atoms with Crippen LogP contribution in [0.4, 0.5) is 0 Å². The van der Waals surface area contributed by atoms with Gasteiger partial charge in [-0.2, -0.15) is 0 Å². The molecule has 2 aromatic rings. The number of H-pyrrole nitrogens is 1. The standard InChI is InChI=1S/C16H18ClNO2S/c1-2-20-16(19)14-15(21-8-7-10-3-4-10)12-9-11(17)5-6-13(12)18-14/h5-6,9-10,18H,2-4,7-8H2,1H3. The van der Waals surface area contributed by atoms with Crippen LogP contribution in [-0.2, 0) is 4.74 Å². The molecule has 0 unspecified atom stereocenters. The van der Waals surface area contributed by atoms with Crippen molar-refractivity contribution in [2.45, 2.75) is 31.1 Å². The Morgan fingerprint density at radius 2 is 2.29 bits per heavy atom. The average molecular weight is 324 g/mol. The van der Waals surface area contributed by atoms with Crippen molar-refractivity contribution in [3.63, 3.8) is 0 Å². The molecule has 0 saturated heterocycles. The zero-order valence-corrected chi connectivity index (χ0v) is 13.5. The van der Waals surface area contributed by atoms with Gasteiger partial charge in [0.1, 0.15) is 5.69 Å². The molecule has 21 heavy (non-hydrogen) atoms. The molecule has 1 aromatic heterocycles. The third kappa shape index (κ3) is 3.38. The van der Waals surface area contributed by atoms with Crippen molar-refractivity contribution >= 4 is 40.2 Å². The van der Waals surface area contributed by atoms with Crippen LogP contribution in [0.3, 0.4) is 0 Å². The largest absolute Gasteiger partial charge is 0.461 e. The number of esters is 1. The third-order valence-electron chi connectivity index (χ3n) is 3.66. The van der Waals surface area contributed by atoms with E-state index in [1.165, 1.54) is 19.3 Å². The van der Waals surface area contributed by atoms with Crippen LogP contribution in [0.1, 0.15) is 36.7 Å². The summed E-state index contributed by atoms with van der Waals surface area (Å²) >= 11 is 7.82. The molecule has 112 valence electrons. The summed E-state index contributed by atoms with van der Waals surface area (Å²) in [7, 11) is 0. The van der Waals surface area contributed by atoms with Crippen LogP contribution < -0.4 is 0 Å². The quantitative estimate of drug-likeness (QED) is 0.608. The van der Waals surface area contributed by atoms with E-state index in [0.29, 0.717) is 17.3 Å². The molecule has 0 spiro atoms. The molecule has 0 amide bonds. The van der Waals surface area contributed by atoms with E-state index >= 15 is 0 Å². The molecule has 1 aromatic carbocycles. The van der Waals surface area contributed by atoms with Gasteiger partial charge in [-0.25, -0.2) is 4.79 Å². The van der Waals surface area contributed by atoms with Gasteiger partial charge in [-0.3, -0.25) is 0 Å². The second kappa shape index (κ2) is 6.32. The van der Waals surface area contributed by atoms with E-state index in [4.69, 9.17) is 16.3 Å². The molecule has 3 rings (SSSR count). The summed E-state index contributed by atoms with van der Waals surface area (Å²) in [6, 6.07) is 5.65. The maximum Gasteiger partial charge on any atom is 0.355 e. The number of fused-ring (bicyclic) bond motifs is 1. The van der Waals surface area contributed by atoms with Gasteiger partial charge in [0.2, 0.25) is 0 Å². The first kappa shape index (κ1) is 14.8. The normalized spacial score (nSPS) is 14.6. The maximum absolute atomic E-state index is 12.1. The topological polar surface area (TPSA) is 42.1 Å². The molecule has 1 aliphatic carbocycles. The summed E-state index contributed by atoms with van der Waals surface area (Å²) in [5.41, 5.74) is 1.48. The SMILES string of the molecule is CCOC(=O)c1[nH]c2ccc(Cl)cc2c1SCCC1CC1. The fourth-order valence-electron chi connectivity index (χ4n) is 2.37. The predicted molar refractivity (Wildman–Crippen MR) is 87.3 cm³/mol. The molecule has 1 saturated carbocycles. The van der Waals surface area contributed by atoms with Gasteiger partial charge in [-0.1, -0.05) is 24.4 Å². The highest BCUT2D eigenvalue weighted by Crippen LogP contribution is 2.38. The average Bonchev–Trinajstić information content (AvgIpc) is 3.21. The van der Waals surface area contributed by atoms with Crippen LogP contribution >= 0.6 is 23.4 Å². The number of hydrogen-bond acceptors (Lipinski definition) is 3. The van der Waals surface area contributed by atoms with Crippen molar-refractivity contribution in [1.82, 2.24) is 4.98 Å². The number of carbonyl (C=O) groups excluding carboxylic acids is 1. The Hall–Kier alpha value is -1.13. The zero-order valence-electron chi connectivity index (χ0n) is 11.9. The van der Waals surface area contributed by atoms with Gasteiger partial charge >= 0.3 is 5.97 Å². The minimum atomic E-state index is -0.293. The monoisotopic (exact) mass is 323 g/mol. The smallest absolute Gasteiger partial charge is 0.355 e. The predicted octanol–water partition coefficient (Wildman–Crippen LogP) is 4.89. The van der Waals surface area contributed by atoms with Gasteiger partial charge in [0.25, 0.3) is 0 Å². The lowest BCUT2D eigenvalue weighted by Gasteiger charge is -2.04. The van der Waals surface area contributed by atoms with Crippen LogP contribution in [0.15, 0.2) is 23.1 Å². The molecular weight excluding hydrogens is 306 g/mol. The van der Waals surface area contributed by atoms with E-state index in [9.17, 15) is 4.79 Å². The minimum Gasteiger partial charge on any atom is -0.461 e. The highest BCUT2D eigenvalue weighted by atomic mass is 35.5. The van der Waals surface area contributed by atoms with Crippen molar-refractivity contribution in [3.05, 3.63) is 28.9 Å². The van der Waals surface area contributed by atoms with Gasteiger partial charge < -0.3 is 9.72 Å². The Labute approximate surface area is 133 Å². The van der Waals surface area contributed by atoms with Gasteiger partial charge in [0.15, 0.2) is 0 Å². The fourth-order valence-corrected chi connectivity index (χ4v) is 3.80. The molecule has 0 bridgehead atoms. The van der Waals surface area contributed by atoms with E-state index < -0.39 is 0 Å². The van der Waals surface area contributed by atoms with Crippen molar-refractivity contribution in [2.24, 2.45) is 5.92 Å².